The van der Waals surface area contributed by atoms with Crippen LogP contribution in [0.3, 0.4) is 0 Å². The van der Waals surface area contributed by atoms with Crippen LogP contribution in [0.1, 0.15) is 41.3 Å². The molecule has 0 aliphatic carbocycles. The minimum Gasteiger partial charge on any atom is -0.481 e. The Bertz CT molecular complexity index is 1070. The average molecular weight is 434 g/mol. The van der Waals surface area contributed by atoms with Gasteiger partial charge in [0.25, 0.3) is 0 Å². The van der Waals surface area contributed by atoms with E-state index in [0.29, 0.717) is 12.1 Å². The minimum absolute atomic E-state index is 0.0755. The van der Waals surface area contributed by atoms with E-state index in [0.717, 1.165) is 24.3 Å². The van der Waals surface area contributed by atoms with Crippen molar-refractivity contribution in [2.45, 2.75) is 31.7 Å². The molecule has 0 radical (unpaired) electrons. The van der Waals surface area contributed by atoms with Crippen LogP contribution in [-0.4, -0.2) is 29.1 Å². The minimum atomic E-state index is -1.03. The number of rotatable bonds is 8. The molecule has 1 aliphatic rings. The standard InChI is InChI=1S/C26H28FN3O2/c1-17(21-10-5-9-19(25(21)27)14-24(31)32)15-30-26(18-7-3-2-4-8-18)20-13-23-22(29-16-20)11-6-12-28-23/h2-12,17,20,26,29-30H,13-16H2,1H3,(H,31,32)/t17-,20-,26-/m1/s1. The molecule has 4 rings (SSSR count). The molecule has 0 spiro atoms. The van der Waals surface area contributed by atoms with Crippen LogP contribution in [0.25, 0.3) is 0 Å². The van der Waals surface area contributed by atoms with Crippen LogP contribution in [0.5, 0.6) is 0 Å². The number of carboxylic acid groups (broad SMARTS) is 1. The van der Waals surface area contributed by atoms with Crippen molar-refractivity contribution in [3.63, 3.8) is 0 Å². The second kappa shape index (κ2) is 9.92. The van der Waals surface area contributed by atoms with Gasteiger partial charge in [-0.1, -0.05) is 55.5 Å². The lowest BCUT2D eigenvalue weighted by molar-refractivity contribution is -0.136. The molecule has 3 aromatic rings. The lowest BCUT2D eigenvalue weighted by Crippen LogP contribution is -2.37. The molecule has 2 heterocycles. The van der Waals surface area contributed by atoms with E-state index in [1.165, 1.54) is 11.6 Å². The van der Waals surface area contributed by atoms with Crippen molar-refractivity contribution < 1.29 is 14.3 Å². The van der Waals surface area contributed by atoms with Crippen molar-refractivity contribution in [1.29, 1.82) is 0 Å². The zero-order valence-corrected chi connectivity index (χ0v) is 18.1. The first-order chi connectivity index (χ1) is 15.5. The van der Waals surface area contributed by atoms with Crippen LogP contribution in [-0.2, 0) is 17.6 Å². The number of hydrogen-bond donors (Lipinski definition) is 3. The SMILES string of the molecule is C[C@H](CN[C@H](c1ccccc1)[C@H]1CNc2cccnc2C1)c1cccc(CC(=O)O)c1F. The zero-order valence-electron chi connectivity index (χ0n) is 18.1. The normalized spacial score (nSPS) is 17.1. The third kappa shape index (κ3) is 4.97. The van der Waals surface area contributed by atoms with Gasteiger partial charge in [-0.15, -0.1) is 0 Å². The summed E-state index contributed by atoms with van der Waals surface area (Å²) in [5.74, 6) is -1.28. The third-order valence-corrected chi connectivity index (χ3v) is 6.16. The van der Waals surface area contributed by atoms with E-state index in [9.17, 15) is 9.18 Å². The molecule has 32 heavy (non-hydrogen) atoms. The monoisotopic (exact) mass is 433 g/mol. The van der Waals surface area contributed by atoms with Gasteiger partial charge in [0.1, 0.15) is 5.82 Å². The fraction of sp³-hybridized carbons (Fsp3) is 0.308. The van der Waals surface area contributed by atoms with Gasteiger partial charge in [-0.2, -0.15) is 0 Å². The van der Waals surface area contributed by atoms with E-state index >= 15 is 0 Å². The third-order valence-electron chi connectivity index (χ3n) is 6.16. The number of benzene rings is 2. The Morgan fingerprint density at radius 3 is 2.78 bits per heavy atom. The van der Waals surface area contributed by atoms with Crippen LogP contribution < -0.4 is 10.6 Å². The first kappa shape index (κ1) is 22.0. The van der Waals surface area contributed by atoms with Crippen molar-refractivity contribution in [3.05, 3.63) is 95.1 Å². The first-order valence-electron chi connectivity index (χ1n) is 11.0. The number of nitrogens with one attached hydrogen (secondary N) is 2. The molecule has 2 aromatic carbocycles. The molecule has 0 unspecified atom stereocenters. The Morgan fingerprint density at radius 1 is 1.19 bits per heavy atom. The summed E-state index contributed by atoms with van der Waals surface area (Å²) in [6, 6.07) is 19.4. The van der Waals surface area contributed by atoms with Crippen molar-refractivity contribution in [3.8, 4) is 0 Å². The predicted octanol–water partition coefficient (Wildman–Crippen LogP) is 4.57. The van der Waals surface area contributed by atoms with Crippen molar-refractivity contribution >= 4 is 11.7 Å². The Hall–Kier alpha value is -3.25. The molecule has 0 fully saturated rings. The molecule has 166 valence electrons. The largest absolute Gasteiger partial charge is 0.481 e. The number of nitrogens with zero attached hydrogens (tertiary/aromatic N) is 1. The van der Waals surface area contributed by atoms with E-state index in [2.05, 4.69) is 33.8 Å². The summed E-state index contributed by atoms with van der Waals surface area (Å²) in [5, 5.41) is 16.2. The zero-order chi connectivity index (χ0) is 22.5. The fourth-order valence-electron chi connectivity index (χ4n) is 4.47. The van der Waals surface area contributed by atoms with Crippen molar-refractivity contribution in [1.82, 2.24) is 10.3 Å². The number of pyridine rings is 1. The predicted molar refractivity (Wildman–Crippen MR) is 123 cm³/mol. The number of carbonyl (C=O) groups is 1. The fourth-order valence-corrected chi connectivity index (χ4v) is 4.47. The maximum absolute atomic E-state index is 14.9. The second-order valence-electron chi connectivity index (χ2n) is 8.43. The molecule has 3 N–H and O–H groups in total. The summed E-state index contributed by atoms with van der Waals surface area (Å²) in [7, 11) is 0. The molecular weight excluding hydrogens is 405 g/mol. The molecule has 5 nitrogen and oxygen atoms in total. The number of anilines is 1. The van der Waals surface area contributed by atoms with Crippen LogP contribution in [0.4, 0.5) is 10.1 Å². The van der Waals surface area contributed by atoms with Crippen LogP contribution in [0.15, 0.2) is 66.9 Å². The van der Waals surface area contributed by atoms with Gasteiger partial charge >= 0.3 is 5.97 Å². The van der Waals surface area contributed by atoms with Crippen molar-refractivity contribution in [2.24, 2.45) is 5.92 Å². The van der Waals surface area contributed by atoms with E-state index in [4.69, 9.17) is 5.11 Å². The topological polar surface area (TPSA) is 74.2 Å². The number of fused-ring (bicyclic) bond motifs is 1. The Kier molecular flexibility index (Phi) is 6.81. The summed E-state index contributed by atoms with van der Waals surface area (Å²) in [6.07, 6.45) is 2.36. The van der Waals surface area contributed by atoms with Gasteiger partial charge in [-0.25, -0.2) is 4.39 Å². The van der Waals surface area contributed by atoms with Gasteiger partial charge in [-0.3, -0.25) is 9.78 Å². The van der Waals surface area contributed by atoms with E-state index < -0.39 is 11.8 Å². The molecule has 1 aliphatic heterocycles. The highest BCUT2D eigenvalue weighted by Gasteiger charge is 2.28. The maximum Gasteiger partial charge on any atom is 0.307 e. The summed E-state index contributed by atoms with van der Waals surface area (Å²) in [4.78, 5) is 15.6. The summed E-state index contributed by atoms with van der Waals surface area (Å²) < 4.78 is 14.9. The van der Waals surface area contributed by atoms with Gasteiger partial charge in [-0.05, 0) is 41.2 Å². The Balaban J connectivity index is 1.52. The highest BCUT2D eigenvalue weighted by atomic mass is 19.1. The Labute approximate surface area is 187 Å². The highest BCUT2D eigenvalue weighted by Crippen LogP contribution is 2.32. The lowest BCUT2D eigenvalue weighted by Gasteiger charge is -2.33. The highest BCUT2D eigenvalue weighted by molar-refractivity contribution is 5.70. The van der Waals surface area contributed by atoms with Crippen LogP contribution in [0.2, 0.25) is 0 Å². The van der Waals surface area contributed by atoms with E-state index in [-0.39, 0.29) is 29.9 Å². The molecule has 3 atom stereocenters. The van der Waals surface area contributed by atoms with Gasteiger partial charge in [0.15, 0.2) is 0 Å². The Morgan fingerprint density at radius 2 is 2.00 bits per heavy atom. The molecule has 0 saturated carbocycles. The number of halogens is 1. The molecule has 0 amide bonds. The number of hydrogen-bond acceptors (Lipinski definition) is 4. The van der Waals surface area contributed by atoms with E-state index in [1.807, 2.05) is 37.4 Å². The number of aliphatic carboxylic acids is 1. The van der Waals surface area contributed by atoms with E-state index in [1.54, 1.807) is 12.1 Å². The summed E-state index contributed by atoms with van der Waals surface area (Å²) >= 11 is 0. The first-order valence-corrected chi connectivity index (χ1v) is 11.0. The summed E-state index contributed by atoms with van der Waals surface area (Å²) in [5.41, 5.74) is 4.09. The summed E-state index contributed by atoms with van der Waals surface area (Å²) in [6.45, 7) is 3.36. The molecule has 0 bridgehead atoms. The average Bonchev–Trinajstić information content (AvgIpc) is 2.81. The van der Waals surface area contributed by atoms with Gasteiger partial charge < -0.3 is 15.7 Å². The van der Waals surface area contributed by atoms with Gasteiger partial charge in [0, 0.05) is 31.2 Å². The molecular formula is C26H28FN3O2. The lowest BCUT2D eigenvalue weighted by atomic mass is 9.86. The number of carboxylic acids is 1. The quantitative estimate of drug-likeness (QED) is 0.485. The maximum atomic E-state index is 14.9. The number of aromatic nitrogens is 1. The van der Waals surface area contributed by atoms with Crippen LogP contribution in [0, 0.1) is 11.7 Å². The van der Waals surface area contributed by atoms with Crippen LogP contribution >= 0.6 is 0 Å². The van der Waals surface area contributed by atoms with Crippen molar-refractivity contribution in [2.75, 3.05) is 18.4 Å². The second-order valence-corrected chi connectivity index (χ2v) is 8.43. The molecule has 0 saturated heterocycles. The smallest absolute Gasteiger partial charge is 0.307 e. The van der Waals surface area contributed by atoms with Gasteiger partial charge in [0.05, 0.1) is 17.8 Å². The molecule has 6 heteroatoms. The molecule has 1 aromatic heterocycles. The van der Waals surface area contributed by atoms with Gasteiger partial charge in [0.2, 0.25) is 0 Å².